The lowest BCUT2D eigenvalue weighted by atomic mass is 10.1. The molecule has 0 aromatic heterocycles. The third-order valence-electron chi connectivity index (χ3n) is 3.65. The standard InChI is InChI=1S/C17H15F3N2O3/c1-10-7-8-11(2)12(9-10)21-15(23)22-17(16(18,19)20)24-13-5-3-4-6-14(13)25-17/h3-9H,1-2H3,(H2,21,22,23). The number of alkyl halides is 3. The first-order valence-corrected chi connectivity index (χ1v) is 7.40. The lowest BCUT2D eigenvalue weighted by Gasteiger charge is -2.29. The fourth-order valence-corrected chi connectivity index (χ4v) is 2.36. The molecule has 0 atom stereocenters. The van der Waals surface area contributed by atoms with Gasteiger partial charge < -0.3 is 14.8 Å². The molecule has 1 heterocycles. The number of carbonyl (C=O) groups excluding carboxylic acids is 1. The van der Waals surface area contributed by atoms with E-state index >= 15 is 0 Å². The van der Waals surface area contributed by atoms with Gasteiger partial charge in [-0.3, -0.25) is 5.32 Å². The third kappa shape index (κ3) is 3.19. The zero-order chi connectivity index (χ0) is 18.2. The van der Waals surface area contributed by atoms with E-state index in [4.69, 9.17) is 9.47 Å². The number of amides is 2. The first-order valence-electron chi connectivity index (χ1n) is 7.40. The quantitative estimate of drug-likeness (QED) is 0.855. The number of aryl methyl sites for hydroxylation is 2. The van der Waals surface area contributed by atoms with E-state index in [2.05, 4.69) is 5.32 Å². The predicted octanol–water partition coefficient (Wildman–Crippen LogP) is 4.11. The van der Waals surface area contributed by atoms with Crippen LogP contribution in [0.25, 0.3) is 0 Å². The van der Waals surface area contributed by atoms with Crippen LogP contribution >= 0.6 is 0 Å². The highest BCUT2D eigenvalue weighted by molar-refractivity contribution is 5.90. The van der Waals surface area contributed by atoms with Gasteiger partial charge >= 0.3 is 18.1 Å². The molecule has 0 spiro atoms. The molecular formula is C17H15F3N2O3. The van der Waals surface area contributed by atoms with Gasteiger partial charge in [0, 0.05) is 5.69 Å². The summed E-state index contributed by atoms with van der Waals surface area (Å²) in [7, 11) is 0. The molecule has 132 valence electrons. The van der Waals surface area contributed by atoms with E-state index in [9.17, 15) is 18.0 Å². The van der Waals surface area contributed by atoms with Gasteiger partial charge in [-0.1, -0.05) is 24.3 Å². The van der Waals surface area contributed by atoms with E-state index in [1.807, 2.05) is 6.07 Å². The molecule has 2 amide bonds. The maximum Gasteiger partial charge on any atom is 0.492 e. The van der Waals surface area contributed by atoms with Gasteiger partial charge in [-0.05, 0) is 43.2 Å². The highest BCUT2D eigenvalue weighted by Crippen LogP contribution is 2.44. The summed E-state index contributed by atoms with van der Waals surface area (Å²) in [6, 6.07) is 9.80. The number of para-hydroxylation sites is 2. The Bertz CT molecular complexity index is 796. The van der Waals surface area contributed by atoms with Gasteiger partial charge in [-0.25, -0.2) is 4.79 Å². The fourth-order valence-electron chi connectivity index (χ4n) is 2.36. The van der Waals surface area contributed by atoms with E-state index < -0.39 is 18.1 Å². The van der Waals surface area contributed by atoms with Crippen molar-refractivity contribution in [2.75, 3.05) is 5.32 Å². The lowest BCUT2D eigenvalue weighted by molar-refractivity contribution is -0.317. The second kappa shape index (κ2) is 5.87. The first kappa shape index (κ1) is 16.9. The summed E-state index contributed by atoms with van der Waals surface area (Å²) in [5, 5.41) is 4.15. The van der Waals surface area contributed by atoms with Crippen molar-refractivity contribution < 1.29 is 27.4 Å². The number of nitrogens with one attached hydrogen (secondary N) is 2. The molecule has 0 unspecified atom stereocenters. The molecule has 0 fully saturated rings. The van der Waals surface area contributed by atoms with Crippen molar-refractivity contribution >= 4 is 11.7 Å². The average Bonchev–Trinajstić information content (AvgIpc) is 2.89. The van der Waals surface area contributed by atoms with Crippen molar-refractivity contribution in [3.8, 4) is 11.5 Å². The molecule has 2 N–H and O–H groups in total. The van der Waals surface area contributed by atoms with Crippen molar-refractivity contribution in [3.63, 3.8) is 0 Å². The maximum absolute atomic E-state index is 13.5. The number of ether oxygens (including phenoxy) is 2. The van der Waals surface area contributed by atoms with Crippen LogP contribution in [0.1, 0.15) is 11.1 Å². The SMILES string of the molecule is Cc1ccc(C)c(NC(=O)NC2(C(F)(F)F)Oc3ccccc3O2)c1. The number of carbonyl (C=O) groups is 1. The normalized spacial score (nSPS) is 14.9. The van der Waals surface area contributed by atoms with E-state index in [1.54, 1.807) is 31.3 Å². The summed E-state index contributed by atoms with van der Waals surface area (Å²) < 4.78 is 50.4. The van der Waals surface area contributed by atoms with E-state index in [0.717, 1.165) is 5.56 Å². The van der Waals surface area contributed by atoms with Crippen molar-refractivity contribution in [2.24, 2.45) is 0 Å². The number of anilines is 1. The molecule has 0 aliphatic carbocycles. The van der Waals surface area contributed by atoms with Crippen molar-refractivity contribution in [3.05, 3.63) is 53.6 Å². The van der Waals surface area contributed by atoms with Crippen LogP contribution in [-0.2, 0) is 0 Å². The molecule has 3 rings (SSSR count). The van der Waals surface area contributed by atoms with Crippen LogP contribution in [0.2, 0.25) is 0 Å². The van der Waals surface area contributed by atoms with Gasteiger partial charge in [0.25, 0.3) is 0 Å². The molecule has 0 bridgehead atoms. The summed E-state index contributed by atoms with van der Waals surface area (Å²) in [5.41, 5.74) is 1.95. The molecule has 25 heavy (non-hydrogen) atoms. The summed E-state index contributed by atoms with van der Waals surface area (Å²) in [5.74, 6) is -3.49. The zero-order valence-electron chi connectivity index (χ0n) is 13.4. The first-order chi connectivity index (χ1) is 11.7. The predicted molar refractivity (Wildman–Crippen MR) is 84.6 cm³/mol. The molecule has 5 nitrogen and oxygen atoms in total. The molecule has 8 heteroatoms. The van der Waals surface area contributed by atoms with Crippen LogP contribution in [0.5, 0.6) is 11.5 Å². The second-order valence-electron chi connectivity index (χ2n) is 5.66. The molecule has 1 aliphatic rings. The minimum Gasteiger partial charge on any atom is -0.424 e. The van der Waals surface area contributed by atoms with Crippen LogP contribution in [0.15, 0.2) is 42.5 Å². The van der Waals surface area contributed by atoms with Gasteiger partial charge in [0.15, 0.2) is 11.5 Å². The molecule has 2 aromatic rings. The van der Waals surface area contributed by atoms with Gasteiger partial charge in [-0.2, -0.15) is 13.2 Å². The minimum absolute atomic E-state index is 0.105. The number of benzene rings is 2. The monoisotopic (exact) mass is 352 g/mol. The minimum atomic E-state index is -5.00. The van der Waals surface area contributed by atoms with Gasteiger partial charge in [0.1, 0.15) is 0 Å². The van der Waals surface area contributed by atoms with Crippen LogP contribution in [0.3, 0.4) is 0 Å². The number of halogens is 3. The number of rotatable bonds is 2. The van der Waals surface area contributed by atoms with Gasteiger partial charge in [-0.15, -0.1) is 0 Å². The highest BCUT2D eigenvalue weighted by Gasteiger charge is 2.65. The number of hydrogen-bond donors (Lipinski definition) is 2. The third-order valence-corrected chi connectivity index (χ3v) is 3.65. The van der Waals surface area contributed by atoms with Gasteiger partial charge in [0.2, 0.25) is 0 Å². The summed E-state index contributed by atoms with van der Waals surface area (Å²) in [4.78, 5) is 12.2. The Morgan fingerprint density at radius 3 is 2.20 bits per heavy atom. The topological polar surface area (TPSA) is 59.6 Å². The Kier molecular flexibility index (Phi) is 3.98. The van der Waals surface area contributed by atoms with Crippen LogP contribution in [-0.4, -0.2) is 18.1 Å². The largest absolute Gasteiger partial charge is 0.492 e. The van der Waals surface area contributed by atoms with Gasteiger partial charge in [0.05, 0.1) is 0 Å². The Hall–Kier alpha value is -2.90. The number of hydrogen-bond acceptors (Lipinski definition) is 3. The summed E-state index contributed by atoms with van der Waals surface area (Å²) >= 11 is 0. The van der Waals surface area contributed by atoms with E-state index in [0.29, 0.717) is 11.3 Å². The second-order valence-corrected chi connectivity index (χ2v) is 5.66. The van der Waals surface area contributed by atoms with Crippen LogP contribution < -0.4 is 20.1 Å². The van der Waals surface area contributed by atoms with Crippen molar-refractivity contribution in [2.45, 2.75) is 25.9 Å². The maximum atomic E-state index is 13.5. The zero-order valence-corrected chi connectivity index (χ0v) is 13.4. The fraction of sp³-hybridized carbons (Fsp3) is 0.235. The Labute approximate surface area is 141 Å². The summed E-state index contributed by atoms with van der Waals surface area (Å²) in [6.45, 7) is 3.53. The summed E-state index contributed by atoms with van der Waals surface area (Å²) in [6.07, 6.45) is -5.00. The van der Waals surface area contributed by atoms with Crippen LogP contribution in [0, 0.1) is 13.8 Å². The average molecular weight is 352 g/mol. The Morgan fingerprint density at radius 2 is 1.64 bits per heavy atom. The molecule has 0 radical (unpaired) electrons. The van der Waals surface area contributed by atoms with Crippen LogP contribution in [0.4, 0.5) is 23.7 Å². The smallest absolute Gasteiger partial charge is 0.424 e. The van der Waals surface area contributed by atoms with Crippen molar-refractivity contribution in [1.29, 1.82) is 0 Å². The van der Waals surface area contributed by atoms with Crippen molar-refractivity contribution in [1.82, 2.24) is 5.32 Å². The van der Waals surface area contributed by atoms with E-state index in [1.165, 1.54) is 24.3 Å². The number of urea groups is 1. The molecular weight excluding hydrogens is 337 g/mol. The molecule has 0 saturated heterocycles. The lowest BCUT2D eigenvalue weighted by Crippen LogP contribution is -2.65. The number of fused-ring (bicyclic) bond motifs is 1. The Morgan fingerprint density at radius 1 is 1.04 bits per heavy atom. The molecule has 0 saturated carbocycles. The van der Waals surface area contributed by atoms with E-state index in [-0.39, 0.29) is 11.5 Å². The Balaban J connectivity index is 1.83. The molecule has 2 aromatic carbocycles. The highest BCUT2D eigenvalue weighted by atomic mass is 19.4. The molecule has 1 aliphatic heterocycles.